The van der Waals surface area contributed by atoms with E-state index in [-0.39, 0.29) is 6.10 Å². The summed E-state index contributed by atoms with van der Waals surface area (Å²) in [4.78, 5) is 4.73. The zero-order valence-electron chi connectivity index (χ0n) is 12.8. The minimum Gasteiger partial charge on any atom is -0.392 e. The van der Waals surface area contributed by atoms with E-state index in [1.807, 2.05) is 6.07 Å². The number of β-amino-alcohol motifs (C(OH)–C–C–N with tert-alkyl or cyclic N) is 1. The van der Waals surface area contributed by atoms with Crippen LogP contribution in [0.4, 0.5) is 0 Å². The lowest BCUT2D eigenvalue weighted by molar-refractivity contribution is 0.0684. The Morgan fingerprint density at radius 2 is 2.05 bits per heavy atom. The van der Waals surface area contributed by atoms with Crippen molar-refractivity contribution in [1.82, 2.24) is 9.80 Å². The van der Waals surface area contributed by atoms with Crippen LogP contribution in [0.2, 0.25) is 0 Å². The number of likely N-dealkylation sites (N-methyl/N-ethyl adjacent to an activating group) is 1. The summed E-state index contributed by atoms with van der Waals surface area (Å²) in [6, 6.07) is 11.1. The number of rotatable bonds is 6. The number of hydrogen-bond donors (Lipinski definition) is 1. The first-order valence-corrected chi connectivity index (χ1v) is 7.76. The van der Waals surface area contributed by atoms with Gasteiger partial charge in [0.15, 0.2) is 0 Å². The Bertz CT molecular complexity index is 380. The van der Waals surface area contributed by atoms with Gasteiger partial charge in [-0.05, 0) is 51.9 Å². The number of hydrogen-bond acceptors (Lipinski definition) is 3. The van der Waals surface area contributed by atoms with E-state index in [1.165, 1.54) is 18.4 Å². The fourth-order valence-corrected chi connectivity index (χ4v) is 2.99. The molecule has 0 bridgehead atoms. The van der Waals surface area contributed by atoms with Crippen LogP contribution < -0.4 is 0 Å². The lowest BCUT2D eigenvalue weighted by Gasteiger charge is -2.37. The molecular weight excluding hydrogens is 248 g/mol. The highest BCUT2D eigenvalue weighted by atomic mass is 16.3. The first kappa shape index (κ1) is 15.5. The minimum absolute atomic E-state index is 0.212. The first-order chi connectivity index (χ1) is 9.65. The summed E-state index contributed by atoms with van der Waals surface area (Å²) in [5.41, 5.74) is 1.32. The average Bonchev–Trinajstić information content (AvgIpc) is 2.46. The van der Waals surface area contributed by atoms with Gasteiger partial charge in [0.05, 0.1) is 6.10 Å². The molecule has 2 rings (SSSR count). The summed E-state index contributed by atoms with van der Waals surface area (Å²) in [5, 5.41) is 10.2. The van der Waals surface area contributed by atoms with Crippen molar-refractivity contribution in [2.75, 3.05) is 33.7 Å². The Balaban J connectivity index is 1.72. The maximum atomic E-state index is 10.2. The van der Waals surface area contributed by atoms with Crippen molar-refractivity contribution in [1.29, 1.82) is 0 Å². The number of benzene rings is 1. The third kappa shape index (κ3) is 4.89. The Hall–Kier alpha value is -0.900. The van der Waals surface area contributed by atoms with Gasteiger partial charge in [-0.1, -0.05) is 30.3 Å². The Morgan fingerprint density at radius 1 is 1.30 bits per heavy atom. The largest absolute Gasteiger partial charge is 0.392 e. The number of likely N-dealkylation sites (tertiary alicyclic amines) is 1. The molecule has 1 fully saturated rings. The van der Waals surface area contributed by atoms with Crippen LogP contribution in [0.3, 0.4) is 0 Å². The van der Waals surface area contributed by atoms with Crippen LogP contribution in [0.1, 0.15) is 24.8 Å². The van der Waals surface area contributed by atoms with Gasteiger partial charge >= 0.3 is 0 Å². The van der Waals surface area contributed by atoms with Crippen LogP contribution in [0, 0.1) is 0 Å². The standard InChI is InChI=1S/C17H28N2O/c1-18(2)16-9-6-12-19(13-16)14-17(20)11-10-15-7-4-3-5-8-15/h3-5,7-8,16-17,20H,6,9-14H2,1-2H3/t16-,17-/m0/s1. The summed E-state index contributed by atoms with van der Waals surface area (Å²) in [6.45, 7) is 3.04. The number of aryl methyl sites for hydroxylation is 1. The van der Waals surface area contributed by atoms with Crippen molar-refractivity contribution in [2.24, 2.45) is 0 Å². The van der Waals surface area contributed by atoms with Crippen LogP contribution in [0.25, 0.3) is 0 Å². The molecular formula is C17H28N2O. The highest BCUT2D eigenvalue weighted by molar-refractivity contribution is 5.14. The van der Waals surface area contributed by atoms with E-state index in [2.05, 4.69) is 48.2 Å². The van der Waals surface area contributed by atoms with E-state index in [0.717, 1.165) is 32.5 Å². The lowest BCUT2D eigenvalue weighted by atomic mass is 10.0. The van der Waals surface area contributed by atoms with Crippen molar-refractivity contribution >= 4 is 0 Å². The molecule has 0 amide bonds. The second-order valence-corrected chi connectivity index (χ2v) is 6.20. The number of aliphatic hydroxyl groups is 1. The van der Waals surface area contributed by atoms with Gasteiger partial charge in [0.2, 0.25) is 0 Å². The Labute approximate surface area is 123 Å². The topological polar surface area (TPSA) is 26.7 Å². The van der Waals surface area contributed by atoms with Crippen molar-refractivity contribution in [3.63, 3.8) is 0 Å². The fraction of sp³-hybridized carbons (Fsp3) is 0.647. The third-order valence-electron chi connectivity index (χ3n) is 4.29. The SMILES string of the molecule is CN(C)[C@H]1CCCN(C[C@@H](O)CCc2ccccc2)C1. The van der Waals surface area contributed by atoms with Crippen LogP contribution in [-0.2, 0) is 6.42 Å². The summed E-state index contributed by atoms with van der Waals surface area (Å²) < 4.78 is 0. The third-order valence-corrected chi connectivity index (χ3v) is 4.29. The molecule has 1 aromatic carbocycles. The molecule has 1 N–H and O–H groups in total. The molecule has 0 saturated carbocycles. The minimum atomic E-state index is -0.212. The first-order valence-electron chi connectivity index (χ1n) is 7.76. The smallest absolute Gasteiger partial charge is 0.0670 e. The summed E-state index contributed by atoms with van der Waals surface area (Å²) >= 11 is 0. The van der Waals surface area contributed by atoms with Crippen molar-refractivity contribution in [2.45, 2.75) is 37.8 Å². The van der Waals surface area contributed by atoms with Crippen molar-refractivity contribution < 1.29 is 5.11 Å². The summed E-state index contributed by atoms with van der Waals surface area (Å²) in [6.07, 6.45) is 4.13. The second kappa shape index (κ2) is 7.77. The van der Waals surface area contributed by atoms with Gasteiger partial charge < -0.3 is 10.0 Å². The van der Waals surface area contributed by atoms with Crippen LogP contribution in [0.5, 0.6) is 0 Å². The van der Waals surface area contributed by atoms with E-state index in [1.54, 1.807) is 0 Å². The molecule has 0 aliphatic carbocycles. The van der Waals surface area contributed by atoms with Crippen LogP contribution >= 0.6 is 0 Å². The zero-order chi connectivity index (χ0) is 14.4. The quantitative estimate of drug-likeness (QED) is 0.861. The monoisotopic (exact) mass is 276 g/mol. The Kier molecular flexibility index (Phi) is 6.02. The molecule has 1 aromatic rings. The van der Waals surface area contributed by atoms with Crippen LogP contribution in [0.15, 0.2) is 30.3 Å². The predicted molar refractivity (Wildman–Crippen MR) is 83.9 cm³/mol. The van der Waals surface area contributed by atoms with Gasteiger partial charge in [-0.15, -0.1) is 0 Å². The van der Waals surface area contributed by atoms with E-state index < -0.39 is 0 Å². The van der Waals surface area contributed by atoms with E-state index >= 15 is 0 Å². The zero-order valence-corrected chi connectivity index (χ0v) is 12.8. The molecule has 3 nitrogen and oxygen atoms in total. The Morgan fingerprint density at radius 3 is 2.75 bits per heavy atom. The molecule has 0 radical (unpaired) electrons. The summed E-state index contributed by atoms with van der Waals surface area (Å²) in [7, 11) is 4.31. The molecule has 3 heteroatoms. The van der Waals surface area contributed by atoms with Gasteiger partial charge in [-0.3, -0.25) is 4.90 Å². The highest BCUT2D eigenvalue weighted by Gasteiger charge is 2.22. The number of nitrogens with zero attached hydrogens (tertiary/aromatic N) is 2. The maximum Gasteiger partial charge on any atom is 0.0670 e. The molecule has 2 atom stereocenters. The normalized spacial score (nSPS) is 22.1. The molecule has 0 unspecified atom stereocenters. The van der Waals surface area contributed by atoms with E-state index in [0.29, 0.717) is 6.04 Å². The molecule has 20 heavy (non-hydrogen) atoms. The highest BCUT2D eigenvalue weighted by Crippen LogP contribution is 2.15. The van der Waals surface area contributed by atoms with Gasteiger partial charge in [-0.25, -0.2) is 0 Å². The number of piperidine rings is 1. The van der Waals surface area contributed by atoms with Crippen molar-refractivity contribution in [3.05, 3.63) is 35.9 Å². The van der Waals surface area contributed by atoms with E-state index in [4.69, 9.17) is 0 Å². The molecule has 0 aromatic heterocycles. The van der Waals surface area contributed by atoms with Crippen LogP contribution in [-0.4, -0.2) is 60.8 Å². The van der Waals surface area contributed by atoms with Gasteiger partial charge in [-0.2, -0.15) is 0 Å². The van der Waals surface area contributed by atoms with Gasteiger partial charge in [0.25, 0.3) is 0 Å². The van der Waals surface area contributed by atoms with Gasteiger partial charge in [0, 0.05) is 19.1 Å². The van der Waals surface area contributed by atoms with E-state index in [9.17, 15) is 5.11 Å². The van der Waals surface area contributed by atoms with Crippen molar-refractivity contribution in [3.8, 4) is 0 Å². The molecule has 1 aliphatic heterocycles. The fourth-order valence-electron chi connectivity index (χ4n) is 2.99. The molecule has 1 saturated heterocycles. The second-order valence-electron chi connectivity index (χ2n) is 6.20. The average molecular weight is 276 g/mol. The lowest BCUT2D eigenvalue weighted by Crippen LogP contribution is -2.47. The molecule has 1 heterocycles. The maximum absolute atomic E-state index is 10.2. The van der Waals surface area contributed by atoms with Gasteiger partial charge in [0.1, 0.15) is 0 Å². The summed E-state index contributed by atoms with van der Waals surface area (Å²) in [5.74, 6) is 0. The number of aliphatic hydroxyl groups excluding tert-OH is 1. The molecule has 112 valence electrons. The molecule has 1 aliphatic rings. The predicted octanol–water partition coefficient (Wildman–Crippen LogP) is 2.01. The molecule has 0 spiro atoms.